The third-order valence-corrected chi connectivity index (χ3v) is 2.73. The second kappa shape index (κ2) is 4.53. The van der Waals surface area contributed by atoms with Crippen molar-refractivity contribution < 1.29 is 19.1 Å². The number of carbonyl (C=O) groups excluding carboxylic acids is 1. The van der Waals surface area contributed by atoms with E-state index in [-0.39, 0.29) is 11.5 Å². The summed E-state index contributed by atoms with van der Waals surface area (Å²) in [5, 5.41) is 11.4. The number of amides is 1. The van der Waals surface area contributed by atoms with Crippen LogP contribution >= 0.6 is 0 Å². The Morgan fingerprint density at radius 2 is 2.12 bits per heavy atom. The highest BCUT2D eigenvalue weighted by atomic mass is 19.1. The minimum atomic E-state index is -1.04. The van der Waals surface area contributed by atoms with E-state index in [9.17, 15) is 14.0 Å². The molecule has 17 heavy (non-hydrogen) atoms. The number of hydrogen-bond donors (Lipinski definition) is 2. The number of nitrogens with one attached hydrogen (secondary N) is 1. The predicted molar refractivity (Wildman–Crippen MR) is 58.0 cm³/mol. The molecule has 1 aromatic carbocycles. The molecule has 5 heteroatoms. The van der Waals surface area contributed by atoms with Gasteiger partial charge in [0.25, 0.3) is 5.91 Å². The second-order valence-electron chi connectivity index (χ2n) is 4.14. The summed E-state index contributed by atoms with van der Waals surface area (Å²) in [5.74, 6) is -2.11. The number of halogens is 1. The molecule has 90 valence electrons. The van der Waals surface area contributed by atoms with E-state index in [0.717, 1.165) is 18.9 Å². The molecule has 0 aliphatic heterocycles. The Bertz CT molecular complexity index is 457. The number of rotatable bonds is 4. The van der Waals surface area contributed by atoms with Crippen molar-refractivity contribution >= 4 is 11.9 Å². The van der Waals surface area contributed by atoms with E-state index in [4.69, 9.17) is 5.11 Å². The number of hydrogen-bond acceptors (Lipinski definition) is 2. The SMILES string of the molecule is O=C(NC(C(=O)O)C1CC1)c1cccc(F)c1. The summed E-state index contributed by atoms with van der Waals surface area (Å²) < 4.78 is 12.9. The first-order chi connectivity index (χ1) is 8.08. The van der Waals surface area contributed by atoms with Crippen molar-refractivity contribution in [3.8, 4) is 0 Å². The molecule has 0 spiro atoms. The molecular formula is C12H12FNO3. The molecule has 0 bridgehead atoms. The van der Waals surface area contributed by atoms with Gasteiger partial charge in [0.05, 0.1) is 0 Å². The maximum atomic E-state index is 12.9. The molecule has 0 aromatic heterocycles. The summed E-state index contributed by atoms with van der Waals surface area (Å²) in [7, 11) is 0. The molecule has 1 amide bonds. The number of aliphatic carboxylic acids is 1. The molecule has 1 aliphatic carbocycles. The third kappa shape index (κ3) is 2.81. The van der Waals surface area contributed by atoms with E-state index in [0.29, 0.717) is 0 Å². The molecule has 1 atom stereocenters. The van der Waals surface area contributed by atoms with Gasteiger partial charge in [0, 0.05) is 5.56 Å². The highest BCUT2D eigenvalue weighted by Crippen LogP contribution is 2.32. The van der Waals surface area contributed by atoms with Crippen molar-refractivity contribution in [3.05, 3.63) is 35.6 Å². The molecule has 1 saturated carbocycles. The van der Waals surface area contributed by atoms with Gasteiger partial charge < -0.3 is 10.4 Å². The van der Waals surface area contributed by atoms with Crippen molar-refractivity contribution in [2.75, 3.05) is 0 Å². The van der Waals surface area contributed by atoms with Gasteiger partial charge in [-0.1, -0.05) is 6.07 Å². The van der Waals surface area contributed by atoms with Gasteiger partial charge in [-0.25, -0.2) is 9.18 Å². The average molecular weight is 237 g/mol. The lowest BCUT2D eigenvalue weighted by Gasteiger charge is -2.13. The van der Waals surface area contributed by atoms with Gasteiger partial charge in [-0.2, -0.15) is 0 Å². The van der Waals surface area contributed by atoms with Crippen molar-refractivity contribution in [1.82, 2.24) is 5.32 Å². The molecule has 1 aromatic rings. The van der Waals surface area contributed by atoms with Gasteiger partial charge in [0.1, 0.15) is 11.9 Å². The van der Waals surface area contributed by atoms with Gasteiger partial charge in [0.2, 0.25) is 0 Å². The summed E-state index contributed by atoms with van der Waals surface area (Å²) in [4.78, 5) is 22.6. The van der Waals surface area contributed by atoms with Crippen LogP contribution in [0.4, 0.5) is 4.39 Å². The van der Waals surface area contributed by atoms with Crippen LogP contribution in [0.2, 0.25) is 0 Å². The Hall–Kier alpha value is -1.91. The number of carboxylic acids is 1. The standard InChI is InChI=1S/C12H12FNO3/c13-9-3-1-2-8(6-9)11(15)14-10(12(16)17)7-4-5-7/h1-3,6-7,10H,4-5H2,(H,14,15)(H,16,17). The molecule has 4 nitrogen and oxygen atoms in total. The quantitative estimate of drug-likeness (QED) is 0.832. The number of carbonyl (C=O) groups is 2. The number of carboxylic acid groups (broad SMARTS) is 1. The minimum Gasteiger partial charge on any atom is -0.480 e. The molecule has 1 fully saturated rings. The van der Waals surface area contributed by atoms with Crippen LogP contribution in [-0.2, 0) is 4.79 Å². The monoisotopic (exact) mass is 237 g/mol. The first-order valence-electron chi connectivity index (χ1n) is 5.37. The average Bonchev–Trinajstić information content (AvgIpc) is 3.09. The fourth-order valence-electron chi connectivity index (χ4n) is 1.67. The van der Waals surface area contributed by atoms with E-state index in [1.54, 1.807) is 0 Å². The summed E-state index contributed by atoms with van der Waals surface area (Å²) in [5.41, 5.74) is 0.136. The molecule has 0 saturated heterocycles. The zero-order chi connectivity index (χ0) is 12.4. The van der Waals surface area contributed by atoms with Gasteiger partial charge in [0.15, 0.2) is 0 Å². The summed E-state index contributed by atoms with van der Waals surface area (Å²) in [6, 6.07) is 4.31. The molecule has 0 heterocycles. The lowest BCUT2D eigenvalue weighted by molar-refractivity contribution is -0.139. The second-order valence-corrected chi connectivity index (χ2v) is 4.14. The van der Waals surface area contributed by atoms with Gasteiger partial charge in [-0.3, -0.25) is 4.79 Å². The normalized spacial score (nSPS) is 16.3. The summed E-state index contributed by atoms with van der Waals surface area (Å²) in [6.07, 6.45) is 1.61. The third-order valence-electron chi connectivity index (χ3n) is 2.73. The first kappa shape index (κ1) is 11.6. The fourth-order valence-corrected chi connectivity index (χ4v) is 1.67. The smallest absolute Gasteiger partial charge is 0.326 e. The maximum absolute atomic E-state index is 12.9. The predicted octanol–water partition coefficient (Wildman–Crippen LogP) is 1.42. The first-order valence-corrected chi connectivity index (χ1v) is 5.37. The van der Waals surface area contributed by atoms with Gasteiger partial charge in [-0.05, 0) is 37.0 Å². The highest BCUT2D eigenvalue weighted by Gasteiger charge is 2.37. The van der Waals surface area contributed by atoms with Gasteiger partial charge >= 0.3 is 5.97 Å². The molecule has 1 unspecified atom stereocenters. The van der Waals surface area contributed by atoms with Crippen molar-refractivity contribution in [3.63, 3.8) is 0 Å². The topological polar surface area (TPSA) is 66.4 Å². The van der Waals surface area contributed by atoms with Crippen molar-refractivity contribution in [2.45, 2.75) is 18.9 Å². The fraction of sp³-hybridized carbons (Fsp3) is 0.333. The van der Waals surface area contributed by atoms with E-state index in [1.807, 2.05) is 0 Å². The Kier molecular flexibility index (Phi) is 3.08. The Labute approximate surface area is 97.4 Å². The van der Waals surface area contributed by atoms with Crippen molar-refractivity contribution in [1.29, 1.82) is 0 Å². The van der Waals surface area contributed by atoms with Crippen LogP contribution in [0.1, 0.15) is 23.2 Å². The zero-order valence-electron chi connectivity index (χ0n) is 9.02. The van der Waals surface area contributed by atoms with Gasteiger partial charge in [-0.15, -0.1) is 0 Å². The van der Waals surface area contributed by atoms with Crippen molar-refractivity contribution in [2.24, 2.45) is 5.92 Å². The molecule has 2 rings (SSSR count). The minimum absolute atomic E-state index is 0.00464. The Morgan fingerprint density at radius 3 is 2.65 bits per heavy atom. The van der Waals surface area contributed by atoms with Crippen LogP contribution in [0.5, 0.6) is 0 Å². The summed E-state index contributed by atoms with van der Waals surface area (Å²) >= 11 is 0. The van der Waals surface area contributed by atoms with E-state index in [2.05, 4.69) is 5.32 Å². The molecule has 2 N–H and O–H groups in total. The van der Waals surface area contributed by atoms with Crippen LogP contribution < -0.4 is 5.32 Å². The van der Waals surface area contributed by atoms with Crippen LogP contribution in [0.15, 0.2) is 24.3 Å². The summed E-state index contributed by atoms with van der Waals surface area (Å²) in [6.45, 7) is 0. The van der Waals surface area contributed by atoms with Crippen LogP contribution in [0.25, 0.3) is 0 Å². The van der Waals surface area contributed by atoms with Crippen LogP contribution in [0.3, 0.4) is 0 Å². The Morgan fingerprint density at radius 1 is 1.41 bits per heavy atom. The van der Waals surface area contributed by atoms with Crippen LogP contribution in [0, 0.1) is 11.7 Å². The molecule has 1 aliphatic rings. The number of benzene rings is 1. The highest BCUT2D eigenvalue weighted by molar-refractivity contribution is 5.96. The Balaban J connectivity index is 2.07. The maximum Gasteiger partial charge on any atom is 0.326 e. The zero-order valence-corrected chi connectivity index (χ0v) is 9.02. The molecule has 0 radical (unpaired) electrons. The lowest BCUT2D eigenvalue weighted by Crippen LogP contribution is -2.42. The van der Waals surface area contributed by atoms with E-state index >= 15 is 0 Å². The largest absolute Gasteiger partial charge is 0.480 e. The van der Waals surface area contributed by atoms with E-state index < -0.39 is 23.7 Å². The van der Waals surface area contributed by atoms with Crippen LogP contribution in [-0.4, -0.2) is 23.0 Å². The molecular weight excluding hydrogens is 225 g/mol. The lowest BCUT2D eigenvalue weighted by atomic mass is 10.1. The van der Waals surface area contributed by atoms with E-state index in [1.165, 1.54) is 18.2 Å².